The fourth-order valence-corrected chi connectivity index (χ4v) is 2.98. The third-order valence-electron chi connectivity index (χ3n) is 4.78. The second-order valence-electron chi connectivity index (χ2n) is 6.79. The zero-order valence-electron chi connectivity index (χ0n) is 16.0. The van der Waals surface area contributed by atoms with E-state index < -0.39 is 0 Å². The SMILES string of the molecule is Cc1ccc(OCCCC(=O)N2CCC(OCCCN)CC2)cc1C.Cl. The molecule has 148 valence electrons. The van der Waals surface area contributed by atoms with Crippen LogP contribution in [0.2, 0.25) is 0 Å². The monoisotopic (exact) mass is 384 g/mol. The summed E-state index contributed by atoms with van der Waals surface area (Å²) in [6, 6.07) is 6.10. The van der Waals surface area contributed by atoms with Gasteiger partial charge in [-0.1, -0.05) is 6.07 Å². The molecular weight excluding hydrogens is 352 g/mol. The van der Waals surface area contributed by atoms with Gasteiger partial charge in [0.25, 0.3) is 0 Å². The molecule has 0 atom stereocenters. The van der Waals surface area contributed by atoms with E-state index in [0.717, 1.165) is 51.1 Å². The highest BCUT2D eigenvalue weighted by Crippen LogP contribution is 2.18. The maximum atomic E-state index is 12.3. The van der Waals surface area contributed by atoms with E-state index in [1.165, 1.54) is 11.1 Å². The summed E-state index contributed by atoms with van der Waals surface area (Å²) in [6.07, 6.45) is 4.33. The Morgan fingerprint density at radius 1 is 1.15 bits per heavy atom. The zero-order chi connectivity index (χ0) is 18.1. The molecule has 6 heteroatoms. The molecule has 1 amide bonds. The van der Waals surface area contributed by atoms with E-state index in [4.69, 9.17) is 15.2 Å². The van der Waals surface area contributed by atoms with Gasteiger partial charge in [0.05, 0.1) is 12.7 Å². The van der Waals surface area contributed by atoms with Crippen molar-refractivity contribution in [1.29, 1.82) is 0 Å². The van der Waals surface area contributed by atoms with Crippen molar-refractivity contribution < 1.29 is 14.3 Å². The second kappa shape index (κ2) is 12.2. The lowest BCUT2D eigenvalue weighted by Gasteiger charge is -2.32. The molecule has 0 aliphatic carbocycles. The number of hydrogen-bond acceptors (Lipinski definition) is 4. The van der Waals surface area contributed by atoms with E-state index >= 15 is 0 Å². The van der Waals surface area contributed by atoms with Gasteiger partial charge in [-0.15, -0.1) is 12.4 Å². The number of piperidine rings is 1. The van der Waals surface area contributed by atoms with Crippen molar-refractivity contribution in [3.8, 4) is 5.75 Å². The Morgan fingerprint density at radius 2 is 1.88 bits per heavy atom. The van der Waals surface area contributed by atoms with Crippen molar-refractivity contribution in [2.24, 2.45) is 5.73 Å². The predicted molar refractivity (Wildman–Crippen MR) is 107 cm³/mol. The molecule has 2 rings (SSSR count). The third kappa shape index (κ3) is 7.52. The zero-order valence-corrected chi connectivity index (χ0v) is 16.9. The van der Waals surface area contributed by atoms with Crippen molar-refractivity contribution >= 4 is 18.3 Å². The molecule has 0 saturated carbocycles. The van der Waals surface area contributed by atoms with Gasteiger partial charge in [0.1, 0.15) is 5.75 Å². The van der Waals surface area contributed by atoms with Gasteiger partial charge in [-0.25, -0.2) is 0 Å². The summed E-state index contributed by atoms with van der Waals surface area (Å²) < 4.78 is 11.5. The molecule has 26 heavy (non-hydrogen) atoms. The van der Waals surface area contributed by atoms with Crippen LogP contribution in [0, 0.1) is 13.8 Å². The smallest absolute Gasteiger partial charge is 0.222 e. The molecule has 0 aromatic heterocycles. The standard InChI is InChI=1S/C20H32N2O3.ClH/c1-16-6-7-19(15-17(16)2)25-13-3-5-20(23)22-11-8-18(9-12-22)24-14-4-10-21;/h6-7,15,18H,3-5,8-14,21H2,1-2H3;1H. The number of aryl methyl sites for hydroxylation is 2. The molecule has 0 unspecified atom stereocenters. The summed E-state index contributed by atoms with van der Waals surface area (Å²) in [5.74, 6) is 1.11. The minimum absolute atomic E-state index is 0. The Bertz CT molecular complexity index is 546. The lowest BCUT2D eigenvalue weighted by Crippen LogP contribution is -2.41. The number of halogens is 1. The average molecular weight is 385 g/mol. The van der Waals surface area contributed by atoms with E-state index in [1.807, 2.05) is 17.0 Å². The maximum absolute atomic E-state index is 12.3. The summed E-state index contributed by atoms with van der Waals surface area (Å²) in [4.78, 5) is 14.2. The molecule has 1 aromatic carbocycles. The van der Waals surface area contributed by atoms with Gasteiger partial charge in [-0.2, -0.15) is 0 Å². The number of carbonyl (C=O) groups excluding carboxylic acids is 1. The Morgan fingerprint density at radius 3 is 2.54 bits per heavy atom. The van der Waals surface area contributed by atoms with Crippen molar-refractivity contribution in [3.63, 3.8) is 0 Å². The molecule has 1 aliphatic rings. The number of likely N-dealkylation sites (tertiary alicyclic amines) is 1. The fraction of sp³-hybridized carbons (Fsp3) is 0.650. The number of nitrogens with zero attached hydrogens (tertiary/aromatic N) is 1. The Balaban J connectivity index is 0.00000338. The number of hydrogen-bond donors (Lipinski definition) is 1. The Kier molecular flexibility index (Phi) is 10.6. The van der Waals surface area contributed by atoms with Gasteiger partial charge in [0.15, 0.2) is 0 Å². The minimum atomic E-state index is 0. The number of ether oxygens (including phenoxy) is 2. The molecule has 1 aliphatic heterocycles. The Hall–Kier alpha value is -1.30. The predicted octanol–water partition coefficient (Wildman–Crippen LogP) is 3.24. The lowest BCUT2D eigenvalue weighted by atomic mass is 10.1. The number of rotatable bonds is 9. The van der Waals surface area contributed by atoms with Crippen LogP contribution in [0.25, 0.3) is 0 Å². The highest BCUT2D eigenvalue weighted by molar-refractivity contribution is 5.85. The van der Waals surface area contributed by atoms with Crippen molar-refractivity contribution in [1.82, 2.24) is 4.90 Å². The molecule has 5 nitrogen and oxygen atoms in total. The summed E-state index contributed by atoms with van der Waals surface area (Å²) in [5, 5.41) is 0. The van der Waals surface area contributed by atoms with Crippen LogP contribution in [0.4, 0.5) is 0 Å². The first-order chi connectivity index (χ1) is 12.1. The largest absolute Gasteiger partial charge is 0.494 e. The van der Waals surface area contributed by atoms with Crippen LogP contribution >= 0.6 is 12.4 Å². The van der Waals surface area contributed by atoms with E-state index in [9.17, 15) is 4.79 Å². The van der Waals surface area contributed by atoms with Crippen LogP contribution in [0.1, 0.15) is 43.2 Å². The topological polar surface area (TPSA) is 64.8 Å². The van der Waals surface area contributed by atoms with E-state index in [1.54, 1.807) is 0 Å². The molecular formula is C20H33ClN2O3. The van der Waals surface area contributed by atoms with Crippen molar-refractivity contribution in [2.75, 3.05) is 32.8 Å². The summed E-state index contributed by atoms with van der Waals surface area (Å²) in [5.41, 5.74) is 7.96. The van der Waals surface area contributed by atoms with Gasteiger partial charge in [0.2, 0.25) is 5.91 Å². The second-order valence-corrected chi connectivity index (χ2v) is 6.79. The van der Waals surface area contributed by atoms with Crippen molar-refractivity contribution in [2.45, 2.75) is 52.1 Å². The van der Waals surface area contributed by atoms with Crippen LogP contribution in [-0.4, -0.2) is 49.8 Å². The minimum Gasteiger partial charge on any atom is -0.494 e. The van der Waals surface area contributed by atoms with Crippen LogP contribution in [0.3, 0.4) is 0 Å². The molecule has 1 aromatic rings. The molecule has 1 saturated heterocycles. The molecule has 0 radical (unpaired) electrons. The number of benzene rings is 1. The molecule has 1 fully saturated rings. The first-order valence-electron chi connectivity index (χ1n) is 9.39. The van der Waals surface area contributed by atoms with Gasteiger partial charge >= 0.3 is 0 Å². The molecule has 2 N–H and O–H groups in total. The first-order valence-corrected chi connectivity index (χ1v) is 9.39. The Labute approximate surface area is 163 Å². The lowest BCUT2D eigenvalue weighted by molar-refractivity contribution is -0.134. The van der Waals surface area contributed by atoms with E-state index in [2.05, 4.69) is 19.9 Å². The van der Waals surface area contributed by atoms with E-state index in [0.29, 0.717) is 19.6 Å². The first kappa shape index (κ1) is 22.7. The van der Waals surface area contributed by atoms with Gasteiger partial charge in [-0.05, 0) is 69.3 Å². The maximum Gasteiger partial charge on any atom is 0.222 e. The molecule has 1 heterocycles. The quantitative estimate of drug-likeness (QED) is 0.664. The van der Waals surface area contributed by atoms with Gasteiger partial charge < -0.3 is 20.1 Å². The molecule has 0 spiro atoms. The van der Waals surface area contributed by atoms with Crippen LogP contribution in [0.15, 0.2) is 18.2 Å². The fourth-order valence-electron chi connectivity index (χ4n) is 2.98. The third-order valence-corrected chi connectivity index (χ3v) is 4.78. The summed E-state index contributed by atoms with van der Waals surface area (Å²) in [7, 11) is 0. The van der Waals surface area contributed by atoms with Crippen LogP contribution in [-0.2, 0) is 9.53 Å². The highest BCUT2D eigenvalue weighted by Gasteiger charge is 2.22. The number of carbonyl (C=O) groups is 1. The van der Waals surface area contributed by atoms with E-state index in [-0.39, 0.29) is 24.4 Å². The van der Waals surface area contributed by atoms with Crippen LogP contribution < -0.4 is 10.5 Å². The summed E-state index contributed by atoms with van der Waals surface area (Å²) in [6.45, 7) is 7.73. The number of nitrogens with two attached hydrogens (primary N) is 1. The van der Waals surface area contributed by atoms with Crippen molar-refractivity contribution in [3.05, 3.63) is 29.3 Å². The number of amides is 1. The molecule has 0 bridgehead atoms. The average Bonchev–Trinajstić information content (AvgIpc) is 2.62. The highest BCUT2D eigenvalue weighted by atomic mass is 35.5. The van der Waals surface area contributed by atoms with Gasteiger partial charge in [0, 0.05) is 26.1 Å². The summed E-state index contributed by atoms with van der Waals surface area (Å²) >= 11 is 0. The normalized spacial score (nSPS) is 14.8. The van der Waals surface area contributed by atoms with Gasteiger partial charge in [-0.3, -0.25) is 4.79 Å². The van der Waals surface area contributed by atoms with Crippen LogP contribution in [0.5, 0.6) is 5.75 Å².